The lowest BCUT2D eigenvalue weighted by atomic mass is 9.84. The Morgan fingerprint density at radius 1 is 1.26 bits per heavy atom. The second-order valence-corrected chi connectivity index (χ2v) is 5.93. The molecule has 0 atom stereocenters. The van der Waals surface area contributed by atoms with Crippen LogP contribution < -0.4 is 0 Å². The summed E-state index contributed by atoms with van der Waals surface area (Å²) in [6.07, 6.45) is 8.10. The molecule has 0 aromatic carbocycles. The number of aromatic nitrogens is 3. The maximum Gasteiger partial charge on any atom is 0.358 e. The van der Waals surface area contributed by atoms with Gasteiger partial charge in [-0.15, -0.1) is 5.10 Å². The van der Waals surface area contributed by atoms with E-state index in [0.717, 1.165) is 37.3 Å². The number of aromatic carboxylic acids is 1. The van der Waals surface area contributed by atoms with Crippen LogP contribution in [0.3, 0.4) is 0 Å². The summed E-state index contributed by atoms with van der Waals surface area (Å²) >= 11 is 0. The molecule has 1 heterocycles. The molecule has 1 aromatic rings. The molecule has 1 aromatic heterocycles. The van der Waals surface area contributed by atoms with Crippen LogP contribution in [0.2, 0.25) is 0 Å². The van der Waals surface area contributed by atoms with E-state index in [1.54, 1.807) is 0 Å². The average molecular weight is 263 g/mol. The fourth-order valence-corrected chi connectivity index (χ4v) is 3.26. The van der Waals surface area contributed by atoms with E-state index in [4.69, 9.17) is 0 Å². The molecule has 1 N–H and O–H groups in total. The quantitative estimate of drug-likeness (QED) is 0.906. The number of rotatable bonds is 4. The van der Waals surface area contributed by atoms with Crippen molar-refractivity contribution in [1.29, 1.82) is 0 Å². The molecule has 0 aliphatic heterocycles. The Hall–Kier alpha value is -1.39. The first-order valence-electron chi connectivity index (χ1n) is 7.39. The molecule has 104 valence electrons. The van der Waals surface area contributed by atoms with Gasteiger partial charge in [0, 0.05) is 5.92 Å². The maximum atomic E-state index is 11.2. The molecule has 3 rings (SSSR count). The number of nitrogens with zero attached hydrogens (tertiary/aromatic N) is 3. The fourth-order valence-electron chi connectivity index (χ4n) is 3.26. The van der Waals surface area contributed by atoms with Crippen LogP contribution in [0.1, 0.15) is 80.0 Å². The first-order valence-corrected chi connectivity index (χ1v) is 7.39. The van der Waals surface area contributed by atoms with Gasteiger partial charge in [0.05, 0.1) is 11.7 Å². The fraction of sp³-hybridized carbons (Fsp3) is 0.786. The third kappa shape index (κ3) is 2.38. The molecule has 0 bridgehead atoms. The van der Waals surface area contributed by atoms with Gasteiger partial charge in [0.2, 0.25) is 0 Å². The summed E-state index contributed by atoms with van der Waals surface area (Å²) in [6, 6.07) is 0.360. The highest BCUT2D eigenvalue weighted by Crippen LogP contribution is 2.44. The van der Waals surface area contributed by atoms with E-state index in [-0.39, 0.29) is 5.69 Å². The summed E-state index contributed by atoms with van der Waals surface area (Å²) in [5.74, 6) is 0.281. The normalized spacial score (nSPS) is 27.4. The zero-order valence-corrected chi connectivity index (χ0v) is 11.4. The lowest BCUT2D eigenvalue weighted by molar-refractivity contribution is 0.0689. The predicted octanol–water partition coefficient (Wildman–Crippen LogP) is 3.00. The van der Waals surface area contributed by atoms with E-state index in [1.807, 2.05) is 4.68 Å². The van der Waals surface area contributed by atoms with Gasteiger partial charge in [-0.1, -0.05) is 18.6 Å². The third-order valence-corrected chi connectivity index (χ3v) is 4.64. The van der Waals surface area contributed by atoms with E-state index < -0.39 is 5.97 Å². The Bertz CT molecular complexity index is 471. The van der Waals surface area contributed by atoms with Crippen molar-refractivity contribution >= 4 is 5.97 Å². The summed E-state index contributed by atoms with van der Waals surface area (Å²) in [5.41, 5.74) is 1.06. The monoisotopic (exact) mass is 263 g/mol. The van der Waals surface area contributed by atoms with E-state index in [9.17, 15) is 9.90 Å². The standard InChI is InChI=1S/C14H21N3O2/c1-2-9-3-7-11(8-4-9)17-13(10-5-6-10)12(14(18)19)15-16-17/h9-11H,2-8H2,1H3,(H,18,19). The number of hydrogen-bond acceptors (Lipinski definition) is 3. The van der Waals surface area contributed by atoms with Gasteiger partial charge in [-0.05, 0) is 44.4 Å². The average Bonchev–Trinajstić information content (AvgIpc) is 3.17. The van der Waals surface area contributed by atoms with Gasteiger partial charge in [0.25, 0.3) is 0 Å². The molecule has 0 unspecified atom stereocenters. The molecule has 0 radical (unpaired) electrons. The third-order valence-electron chi connectivity index (χ3n) is 4.64. The van der Waals surface area contributed by atoms with Gasteiger partial charge < -0.3 is 5.11 Å². The minimum Gasteiger partial charge on any atom is -0.476 e. The van der Waals surface area contributed by atoms with Crippen LogP contribution in [-0.2, 0) is 0 Å². The molecule has 2 aliphatic carbocycles. The van der Waals surface area contributed by atoms with Crippen molar-refractivity contribution in [3.63, 3.8) is 0 Å². The number of carbonyl (C=O) groups is 1. The minimum atomic E-state index is -0.935. The molecule has 0 spiro atoms. The molecule has 5 heteroatoms. The number of hydrogen-bond donors (Lipinski definition) is 1. The molecule has 2 fully saturated rings. The van der Waals surface area contributed by atoms with Crippen LogP contribution in [0.5, 0.6) is 0 Å². The Morgan fingerprint density at radius 2 is 1.95 bits per heavy atom. The van der Waals surface area contributed by atoms with Gasteiger partial charge in [0.15, 0.2) is 5.69 Å². The highest BCUT2D eigenvalue weighted by Gasteiger charge is 2.36. The topological polar surface area (TPSA) is 68.0 Å². The van der Waals surface area contributed by atoms with Gasteiger partial charge in [0.1, 0.15) is 0 Å². The molecular formula is C14H21N3O2. The highest BCUT2D eigenvalue weighted by atomic mass is 16.4. The lowest BCUT2D eigenvalue weighted by Gasteiger charge is -2.28. The van der Waals surface area contributed by atoms with E-state index >= 15 is 0 Å². The van der Waals surface area contributed by atoms with Crippen LogP contribution in [0.25, 0.3) is 0 Å². The number of carboxylic acid groups (broad SMARTS) is 1. The Labute approximate surface area is 113 Å². The number of carboxylic acids is 1. The van der Waals surface area contributed by atoms with Crippen LogP contribution in [0, 0.1) is 5.92 Å². The Morgan fingerprint density at radius 3 is 2.47 bits per heavy atom. The van der Waals surface area contributed by atoms with E-state index in [2.05, 4.69) is 17.2 Å². The largest absolute Gasteiger partial charge is 0.476 e. The smallest absolute Gasteiger partial charge is 0.358 e. The second-order valence-electron chi connectivity index (χ2n) is 5.93. The highest BCUT2D eigenvalue weighted by molar-refractivity contribution is 5.86. The van der Waals surface area contributed by atoms with Crippen molar-refractivity contribution in [2.75, 3.05) is 0 Å². The van der Waals surface area contributed by atoms with E-state index in [1.165, 1.54) is 19.3 Å². The van der Waals surface area contributed by atoms with Gasteiger partial charge in [-0.2, -0.15) is 0 Å². The van der Waals surface area contributed by atoms with Crippen LogP contribution >= 0.6 is 0 Å². The van der Waals surface area contributed by atoms with Crippen molar-refractivity contribution in [2.45, 2.75) is 63.8 Å². The van der Waals surface area contributed by atoms with Gasteiger partial charge in [-0.3, -0.25) is 0 Å². The molecule has 2 saturated carbocycles. The van der Waals surface area contributed by atoms with Crippen molar-refractivity contribution in [2.24, 2.45) is 5.92 Å². The van der Waals surface area contributed by atoms with Crippen LogP contribution in [0.4, 0.5) is 0 Å². The SMILES string of the molecule is CCC1CCC(n2nnc(C(=O)O)c2C2CC2)CC1. The molecule has 5 nitrogen and oxygen atoms in total. The molecule has 0 amide bonds. The first kappa shape index (κ1) is 12.6. The molecular weight excluding hydrogens is 242 g/mol. The van der Waals surface area contributed by atoms with Gasteiger partial charge >= 0.3 is 5.97 Å². The summed E-state index contributed by atoms with van der Waals surface area (Å²) in [4.78, 5) is 11.2. The van der Waals surface area contributed by atoms with Crippen LogP contribution in [-0.4, -0.2) is 26.1 Å². The van der Waals surface area contributed by atoms with Crippen molar-refractivity contribution in [1.82, 2.24) is 15.0 Å². The molecule has 2 aliphatic rings. The predicted molar refractivity (Wildman–Crippen MR) is 70.2 cm³/mol. The zero-order valence-electron chi connectivity index (χ0n) is 11.4. The molecule has 0 saturated heterocycles. The summed E-state index contributed by atoms with van der Waals surface area (Å²) in [6.45, 7) is 2.25. The second kappa shape index (κ2) is 4.94. The Kier molecular flexibility index (Phi) is 3.29. The van der Waals surface area contributed by atoms with Crippen LogP contribution in [0.15, 0.2) is 0 Å². The minimum absolute atomic E-state index is 0.181. The van der Waals surface area contributed by atoms with Gasteiger partial charge in [-0.25, -0.2) is 9.48 Å². The van der Waals surface area contributed by atoms with Crippen molar-refractivity contribution in [3.05, 3.63) is 11.4 Å². The molecule has 19 heavy (non-hydrogen) atoms. The Balaban J connectivity index is 1.83. The lowest BCUT2D eigenvalue weighted by Crippen LogP contribution is -2.20. The van der Waals surface area contributed by atoms with Crippen molar-refractivity contribution in [3.8, 4) is 0 Å². The summed E-state index contributed by atoms with van der Waals surface area (Å²) < 4.78 is 1.94. The first-order chi connectivity index (χ1) is 9.20. The van der Waals surface area contributed by atoms with E-state index in [0.29, 0.717) is 12.0 Å². The zero-order chi connectivity index (χ0) is 13.4. The summed E-state index contributed by atoms with van der Waals surface area (Å²) in [7, 11) is 0. The maximum absolute atomic E-state index is 11.2. The van der Waals surface area contributed by atoms with Crippen molar-refractivity contribution < 1.29 is 9.90 Å². The summed E-state index contributed by atoms with van der Waals surface area (Å²) in [5, 5.41) is 17.3.